The van der Waals surface area contributed by atoms with Gasteiger partial charge in [0.2, 0.25) is 0 Å². The minimum Gasteiger partial charge on any atom is -0.487 e. The Kier molecular flexibility index (Phi) is 2.79. The van der Waals surface area contributed by atoms with Crippen molar-refractivity contribution < 1.29 is 4.74 Å². The number of nitrogens with one attached hydrogen (secondary N) is 1. The molecule has 4 aromatic rings. The van der Waals surface area contributed by atoms with Crippen LogP contribution in [0, 0.1) is 0 Å². The highest BCUT2D eigenvalue weighted by Crippen LogP contribution is 2.32. The molecule has 24 heavy (non-hydrogen) atoms. The predicted molar refractivity (Wildman–Crippen MR) is 93.2 cm³/mol. The van der Waals surface area contributed by atoms with Gasteiger partial charge in [0.1, 0.15) is 18.0 Å². The summed E-state index contributed by atoms with van der Waals surface area (Å²) in [5.74, 6) is 0.842. The molecule has 3 heterocycles. The van der Waals surface area contributed by atoms with Crippen LogP contribution in [0.25, 0.3) is 33.9 Å². The van der Waals surface area contributed by atoms with Crippen molar-refractivity contribution in [3.8, 4) is 22.7 Å². The van der Waals surface area contributed by atoms with E-state index in [2.05, 4.69) is 33.5 Å². The molecule has 0 saturated carbocycles. The maximum atomic E-state index is 5.80. The second-order valence-corrected chi connectivity index (χ2v) is 5.70. The minimum atomic E-state index is 0.577. The van der Waals surface area contributed by atoms with Gasteiger partial charge in [-0.3, -0.25) is 0 Å². The fourth-order valence-corrected chi connectivity index (χ4v) is 3.12. The predicted octanol–water partition coefficient (Wildman–Crippen LogP) is 3.82. The standard InChI is InChI=1S/C19H14N4O/c1-4-13-9-10-20-18(13)15(7-1)16-12-23(22-21-16)17-8-2-5-14-6-3-11-24-19(14)17/h1-10,12,20H,11H2. The fraction of sp³-hybridized carbons (Fsp3) is 0.0526. The van der Waals surface area contributed by atoms with E-state index in [1.807, 2.05) is 48.8 Å². The number of hydrogen-bond acceptors (Lipinski definition) is 3. The highest BCUT2D eigenvalue weighted by Gasteiger charge is 2.15. The largest absolute Gasteiger partial charge is 0.487 e. The quantitative estimate of drug-likeness (QED) is 0.612. The normalized spacial score (nSPS) is 13.0. The summed E-state index contributed by atoms with van der Waals surface area (Å²) in [5, 5.41) is 9.83. The van der Waals surface area contributed by atoms with Gasteiger partial charge in [-0.2, -0.15) is 0 Å². The number of aromatic amines is 1. The second kappa shape index (κ2) is 5.09. The third-order valence-electron chi connectivity index (χ3n) is 4.25. The molecule has 0 unspecified atom stereocenters. The van der Waals surface area contributed by atoms with E-state index in [9.17, 15) is 0 Å². The Morgan fingerprint density at radius 3 is 3.04 bits per heavy atom. The van der Waals surface area contributed by atoms with Gasteiger partial charge in [-0.25, -0.2) is 4.68 Å². The molecule has 0 aliphatic carbocycles. The highest BCUT2D eigenvalue weighted by molar-refractivity contribution is 5.93. The van der Waals surface area contributed by atoms with Gasteiger partial charge in [0, 0.05) is 22.7 Å². The van der Waals surface area contributed by atoms with Crippen LogP contribution >= 0.6 is 0 Å². The van der Waals surface area contributed by atoms with E-state index in [0.717, 1.165) is 39.2 Å². The third kappa shape index (κ3) is 1.95. The Morgan fingerprint density at radius 2 is 2.04 bits per heavy atom. The van der Waals surface area contributed by atoms with Crippen molar-refractivity contribution in [2.24, 2.45) is 0 Å². The Morgan fingerprint density at radius 1 is 1.08 bits per heavy atom. The van der Waals surface area contributed by atoms with Gasteiger partial charge in [-0.1, -0.05) is 41.6 Å². The highest BCUT2D eigenvalue weighted by atomic mass is 16.5. The van der Waals surface area contributed by atoms with Crippen molar-refractivity contribution in [2.75, 3.05) is 6.61 Å². The molecule has 5 nitrogen and oxygen atoms in total. The summed E-state index contributed by atoms with van der Waals surface area (Å²) in [6.07, 6.45) is 7.95. The number of para-hydroxylation sites is 2. The summed E-state index contributed by atoms with van der Waals surface area (Å²) in [6, 6.07) is 14.2. The first-order valence-corrected chi connectivity index (χ1v) is 7.82. The SMILES string of the molecule is C1=Cc2cccc(-n3cc(-c4cccc5cc[nH]c45)nn3)c2OC1. The van der Waals surface area contributed by atoms with Crippen molar-refractivity contribution >= 4 is 17.0 Å². The van der Waals surface area contributed by atoms with E-state index in [-0.39, 0.29) is 0 Å². The molecular formula is C19H14N4O. The van der Waals surface area contributed by atoms with E-state index in [1.54, 1.807) is 4.68 Å². The first-order valence-electron chi connectivity index (χ1n) is 7.82. The second-order valence-electron chi connectivity index (χ2n) is 5.70. The van der Waals surface area contributed by atoms with Crippen LogP contribution in [-0.2, 0) is 0 Å². The van der Waals surface area contributed by atoms with Gasteiger partial charge in [-0.05, 0) is 18.2 Å². The molecule has 0 amide bonds. The summed E-state index contributed by atoms with van der Waals surface area (Å²) < 4.78 is 7.57. The summed E-state index contributed by atoms with van der Waals surface area (Å²) in [4.78, 5) is 3.27. The first-order chi connectivity index (χ1) is 11.9. The number of nitrogens with zero attached hydrogens (tertiary/aromatic N) is 3. The van der Waals surface area contributed by atoms with Crippen LogP contribution in [0.1, 0.15) is 5.56 Å². The van der Waals surface area contributed by atoms with E-state index in [1.165, 1.54) is 0 Å². The molecular weight excluding hydrogens is 300 g/mol. The number of aromatic nitrogens is 4. The molecule has 0 bridgehead atoms. The molecule has 1 aliphatic heterocycles. The van der Waals surface area contributed by atoms with Crippen LogP contribution in [0.5, 0.6) is 5.75 Å². The minimum absolute atomic E-state index is 0.577. The van der Waals surface area contributed by atoms with Gasteiger partial charge < -0.3 is 9.72 Å². The lowest BCUT2D eigenvalue weighted by Gasteiger charge is -2.15. The van der Waals surface area contributed by atoms with Gasteiger partial charge >= 0.3 is 0 Å². The van der Waals surface area contributed by atoms with Crippen molar-refractivity contribution in [2.45, 2.75) is 0 Å². The lowest BCUT2D eigenvalue weighted by molar-refractivity contribution is 0.356. The zero-order chi connectivity index (χ0) is 15.9. The van der Waals surface area contributed by atoms with Crippen LogP contribution < -0.4 is 4.74 Å². The Hall–Kier alpha value is -3.34. The molecule has 5 rings (SSSR count). The monoisotopic (exact) mass is 314 g/mol. The summed E-state index contributed by atoms with van der Waals surface area (Å²) in [7, 11) is 0. The van der Waals surface area contributed by atoms with Crippen LogP contribution in [0.3, 0.4) is 0 Å². The average molecular weight is 314 g/mol. The number of benzene rings is 2. The maximum absolute atomic E-state index is 5.80. The lowest BCUT2D eigenvalue weighted by atomic mass is 10.1. The van der Waals surface area contributed by atoms with Gasteiger partial charge in [0.05, 0.1) is 11.7 Å². The van der Waals surface area contributed by atoms with Crippen molar-refractivity contribution in [1.82, 2.24) is 20.0 Å². The van der Waals surface area contributed by atoms with Crippen molar-refractivity contribution in [3.05, 3.63) is 66.5 Å². The summed E-state index contributed by atoms with van der Waals surface area (Å²) in [5.41, 5.74) is 4.89. The Labute approximate surface area is 138 Å². The molecule has 1 aliphatic rings. The van der Waals surface area contributed by atoms with Gasteiger partial charge in [0.15, 0.2) is 5.75 Å². The number of fused-ring (bicyclic) bond motifs is 2. The zero-order valence-electron chi connectivity index (χ0n) is 12.8. The first kappa shape index (κ1) is 13.1. The van der Waals surface area contributed by atoms with Crippen LogP contribution in [-0.4, -0.2) is 26.6 Å². The third-order valence-corrected chi connectivity index (χ3v) is 4.25. The molecule has 0 spiro atoms. The van der Waals surface area contributed by atoms with Gasteiger partial charge in [-0.15, -0.1) is 5.10 Å². The van der Waals surface area contributed by atoms with Gasteiger partial charge in [0.25, 0.3) is 0 Å². The smallest absolute Gasteiger partial charge is 0.152 e. The number of hydrogen-bond donors (Lipinski definition) is 1. The Balaban J connectivity index is 1.64. The van der Waals surface area contributed by atoms with E-state index in [4.69, 9.17) is 4.74 Å². The molecule has 2 aromatic heterocycles. The maximum Gasteiger partial charge on any atom is 0.152 e. The molecule has 5 heteroatoms. The molecule has 0 radical (unpaired) electrons. The van der Waals surface area contributed by atoms with Crippen molar-refractivity contribution in [1.29, 1.82) is 0 Å². The zero-order valence-corrected chi connectivity index (χ0v) is 12.8. The molecule has 0 saturated heterocycles. The molecule has 116 valence electrons. The van der Waals surface area contributed by atoms with Crippen LogP contribution in [0.4, 0.5) is 0 Å². The number of rotatable bonds is 2. The topological polar surface area (TPSA) is 55.7 Å². The molecule has 0 atom stereocenters. The molecule has 1 N–H and O–H groups in total. The van der Waals surface area contributed by atoms with E-state index < -0.39 is 0 Å². The number of H-pyrrole nitrogens is 1. The Bertz CT molecular complexity index is 1070. The fourth-order valence-electron chi connectivity index (χ4n) is 3.12. The number of ether oxygens (including phenoxy) is 1. The summed E-state index contributed by atoms with van der Waals surface area (Å²) >= 11 is 0. The van der Waals surface area contributed by atoms with Crippen LogP contribution in [0.15, 0.2) is 60.9 Å². The van der Waals surface area contributed by atoms with E-state index >= 15 is 0 Å². The van der Waals surface area contributed by atoms with Crippen molar-refractivity contribution in [3.63, 3.8) is 0 Å². The van der Waals surface area contributed by atoms with Crippen LogP contribution in [0.2, 0.25) is 0 Å². The average Bonchev–Trinajstić information content (AvgIpc) is 3.30. The molecule has 0 fully saturated rings. The lowest BCUT2D eigenvalue weighted by Crippen LogP contribution is -2.06. The van der Waals surface area contributed by atoms with E-state index in [0.29, 0.717) is 6.61 Å². The summed E-state index contributed by atoms with van der Waals surface area (Å²) in [6.45, 7) is 0.577. The molecule has 2 aromatic carbocycles.